The molecule has 0 saturated heterocycles. The Labute approximate surface area is 111 Å². The molecule has 4 N–H and O–H groups in total. The van der Waals surface area contributed by atoms with Crippen molar-refractivity contribution in [1.29, 1.82) is 0 Å². The monoisotopic (exact) mass is 262 g/mol. The number of anilines is 1. The Hall–Kier alpha value is -2.11. The zero-order valence-corrected chi connectivity index (χ0v) is 10.9. The van der Waals surface area contributed by atoms with Gasteiger partial charge in [0, 0.05) is 36.6 Å². The Bertz CT molecular complexity index is 497. The number of aryl methyl sites for hydroxylation is 1. The molecule has 0 unspecified atom stereocenters. The predicted molar refractivity (Wildman–Crippen MR) is 71.5 cm³/mol. The number of nitrogens with one attached hydrogen (secondary N) is 2. The van der Waals surface area contributed by atoms with Crippen LogP contribution in [0.2, 0.25) is 0 Å². The van der Waals surface area contributed by atoms with E-state index in [1.165, 1.54) is 6.20 Å². The van der Waals surface area contributed by atoms with Gasteiger partial charge in [0.05, 0.1) is 5.56 Å². The SMILES string of the molecule is Cc1cc(N)c(C(=O)NCCNC(=O)C2CC2)cn1. The summed E-state index contributed by atoms with van der Waals surface area (Å²) in [5.74, 6) is -0.0101. The number of rotatable bonds is 5. The van der Waals surface area contributed by atoms with E-state index in [-0.39, 0.29) is 17.7 Å². The highest BCUT2D eigenvalue weighted by molar-refractivity contribution is 5.98. The third kappa shape index (κ3) is 3.67. The third-order valence-electron chi connectivity index (χ3n) is 2.98. The summed E-state index contributed by atoms with van der Waals surface area (Å²) in [6.45, 7) is 2.62. The Morgan fingerprint density at radius 2 is 2.05 bits per heavy atom. The molecular weight excluding hydrogens is 244 g/mol. The van der Waals surface area contributed by atoms with E-state index in [4.69, 9.17) is 5.73 Å². The van der Waals surface area contributed by atoms with Crippen LogP contribution in [0.3, 0.4) is 0 Å². The van der Waals surface area contributed by atoms with Crippen LogP contribution in [-0.4, -0.2) is 29.9 Å². The van der Waals surface area contributed by atoms with Gasteiger partial charge in [0.2, 0.25) is 5.91 Å². The number of nitrogens with two attached hydrogens (primary N) is 1. The summed E-state index contributed by atoms with van der Waals surface area (Å²) in [5.41, 5.74) is 7.29. The zero-order chi connectivity index (χ0) is 13.8. The van der Waals surface area contributed by atoms with Crippen molar-refractivity contribution in [1.82, 2.24) is 15.6 Å². The van der Waals surface area contributed by atoms with Crippen molar-refractivity contribution in [2.24, 2.45) is 5.92 Å². The first-order valence-electron chi connectivity index (χ1n) is 6.36. The fraction of sp³-hybridized carbons (Fsp3) is 0.462. The van der Waals surface area contributed by atoms with Gasteiger partial charge in [-0.2, -0.15) is 0 Å². The molecule has 6 nitrogen and oxygen atoms in total. The van der Waals surface area contributed by atoms with Gasteiger partial charge >= 0.3 is 0 Å². The number of aromatic nitrogens is 1. The molecular formula is C13H18N4O2. The second-order valence-electron chi connectivity index (χ2n) is 4.73. The molecule has 1 aromatic rings. The Morgan fingerprint density at radius 1 is 1.37 bits per heavy atom. The molecule has 0 spiro atoms. The molecule has 2 amide bonds. The normalized spacial score (nSPS) is 13.9. The molecule has 19 heavy (non-hydrogen) atoms. The molecule has 0 bridgehead atoms. The summed E-state index contributed by atoms with van der Waals surface area (Å²) in [4.78, 5) is 27.2. The summed E-state index contributed by atoms with van der Waals surface area (Å²) in [6.07, 6.45) is 3.41. The number of nitrogens with zero attached hydrogens (tertiary/aromatic N) is 1. The van der Waals surface area contributed by atoms with Gasteiger partial charge in [0.15, 0.2) is 0 Å². The predicted octanol–water partition coefficient (Wildman–Crippen LogP) is 0.228. The van der Waals surface area contributed by atoms with Gasteiger partial charge in [-0.15, -0.1) is 0 Å². The fourth-order valence-electron chi connectivity index (χ4n) is 1.72. The Balaban J connectivity index is 1.75. The lowest BCUT2D eigenvalue weighted by Crippen LogP contribution is -2.35. The first-order valence-corrected chi connectivity index (χ1v) is 6.36. The second-order valence-corrected chi connectivity index (χ2v) is 4.73. The molecule has 1 saturated carbocycles. The number of amides is 2. The number of hydrogen-bond acceptors (Lipinski definition) is 4. The van der Waals surface area contributed by atoms with Crippen molar-refractivity contribution < 1.29 is 9.59 Å². The maximum Gasteiger partial charge on any atom is 0.255 e. The highest BCUT2D eigenvalue weighted by atomic mass is 16.2. The molecule has 1 heterocycles. The number of pyridine rings is 1. The minimum atomic E-state index is -0.273. The van der Waals surface area contributed by atoms with E-state index in [0.29, 0.717) is 24.3 Å². The van der Waals surface area contributed by atoms with Crippen LogP contribution in [0, 0.1) is 12.8 Å². The van der Waals surface area contributed by atoms with Crippen molar-refractivity contribution in [2.45, 2.75) is 19.8 Å². The summed E-state index contributed by atoms with van der Waals surface area (Å²) in [5, 5.41) is 5.47. The van der Waals surface area contributed by atoms with Crippen LogP contribution in [-0.2, 0) is 4.79 Å². The van der Waals surface area contributed by atoms with Gasteiger partial charge in [0.25, 0.3) is 5.91 Å². The standard InChI is InChI=1S/C13H18N4O2/c1-8-6-11(14)10(7-17-8)13(19)16-5-4-15-12(18)9-2-3-9/h6-7,9H,2-5H2,1H3,(H2,14,17)(H,15,18)(H,16,19). The van der Waals surface area contributed by atoms with Crippen LogP contribution in [0.15, 0.2) is 12.3 Å². The molecule has 1 aliphatic carbocycles. The van der Waals surface area contributed by atoms with E-state index < -0.39 is 0 Å². The van der Waals surface area contributed by atoms with Crippen molar-refractivity contribution in [2.75, 3.05) is 18.8 Å². The van der Waals surface area contributed by atoms with Crippen LogP contribution in [0.25, 0.3) is 0 Å². The lowest BCUT2D eigenvalue weighted by atomic mass is 10.2. The van der Waals surface area contributed by atoms with Crippen molar-refractivity contribution in [3.63, 3.8) is 0 Å². The summed E-state index contributed by atoms with van der Waals surface area (Å²) < 4.78 is 0. The molecule has 6 heteroatoms. The van der Waals surface area contributed by atoms with Crippen molar-refractivity contribution >= 4 is 17.5 Å². The zero-order valence-electron chi connectivity index (χ0n) is 10.9. The molecule has 102 valence electrons. The lowest BCUT2D eigenvalue weighted by Gasteiger charge is -2.08. The van der Waals surface area contributed by atoms with E-state index in [1.54, 1.807) is 6.07 Å². The fourth-order valence-corrected chi connectivity index (χ4v) is 1.72. The minimum Gasteiger partial charge on any atom is -0.398 e. The van der Waals surface area contributed by atoms with Gasteiger partial charge in [-0.1, -0.05) is 0 Å². The van der Waals surface area contributed by atoms with Gasteiger partial charge in [-0.05, 0) is 25.8 Å². The average molecular weight is 262 g/mol. The second kappa shape index (κ2) is 5.69. The maximum atomic E-state index is 11.8. The summed E-state index contributed by atoms with van der Waals surface area (Å²) in [6, 6.07) is 1.66. The van der Waals surface area contributed by atoms with Crippen LogP contribution in [0.5, 0.6) is 0 Å². The first-order chi connectivity index (χ1) is 9.08. The van der Waals surface area contributed by atoms with Crippen LogP contribution in [0.4, 0.5) is 5.69 Å². The number of carbonyl (C=O) groups is 2. The largest absolute Gasteiger partial charge is 0.398 e. The molecule has 0 aliphatic heterocycles. The molecule has 0 radical (unpaired) electrons. The van der Waals surface area contributed by atoms with E-state index in [0.717, 1.165) is 18.5 Å². The molecule has 1 aromatic heterocycles. The van der Waals surface area contributed by atoms with Crippen LogP contribution < -0.4 is 16.4 Å². The number of carbonyl (C=O) groups excluding carboxylic acids is 2. The Morgan fingerprint density at radius 3 is 2.68 bits per heavy atom. The van der Waals surface area contributed by atoms with Gasteiger partial charge < -0.3 is 16.4 Å². The van der Waals surface area contributed by atoms with Crippen molar-refractivity contribution in [3.05, 3.63) is 23.5 Å². The lowest BCUT2D eigenvalue weighted by molar-refractivity contribution is -0.122. The van der Waals surface area contributed by atoms with E-state index >= 15 is 0 Å². The van der Waals surface area contributed by atoms with E-state index in [9.17, 15) is 9.59 Å². The van der Waals surface area contributed by atoms with Gasteiger partial charge in [0.1, 0.15) is 0 Å². The highest BCUT2D eigenvalue weighted by Crippen LogP contribution is 2.28. The Kier molecular flexibility index (Phi) is 3.99. The number of hydrogen-bond donors (Lipinski definition) is 3. The van der Waals surface area contributed by atoms with Gasteiger partial charge in [-0.25, -0.2) is 0 Å². The third-order valence-corrected chi connectivity index (χ3v) is 2.98. The topological polar surface area (TPSA) is 97.1 Å². The maximum absolute atomic E-state index is 11.8. The smallest absolute Gasteiger partial charge is 0.255 e. The molecule has 1 fully saturated rings. The molecule has 0 atom stereocenters. The molecule has 2 rings (SSSR count). The summed E-state index contributed by atoms with van der Waals surface area (Å²) >= 11 is 0. The molecule has 0 aromatic carbocycles. The average Bonchev–Trinajstić information content (AvgIpc) is 3.18. The van der Waals surface area contributed by atoms with Crippen LogP contribution >= 0.6 is 0 Å². The summed E-state index contributed by atoms with van der Waals surface area (Å²) in [7, 11) is 0. The highest BCUT2D eigenvalue weighted by Gasteiger charge is 2.28. The first kappa shape index (κ1) is 13.3. The van der Waals surface area contributed by atoms with E-state index in [2.05, 4.69) is 15.6 Å². The van der Waals surface area contributed by atoms with Crippen molar-refractivity contribution in [3.8, 4) is 0 Å². The quantitative estimate of drug-likeness (QED) is 0.662. The minimum absolute atomic E-state index is 0.0748. The van der Waals surface area contributed by atoms with Crippen LogP contribution in [0.1, 0.15) is 28.9 Å². The number of nitrogen functional groups attached to an aromatic ring is 1. The van der Waals surface area contributed by atoms with E-state index in [1.807, 2.05) is 6.92 Å². The van der Waals surface area contributed by atoms with Gasteiger partial charge in [-0.3, -0.25) is 14.6 Å². The molecule has 1 aliphatic rings.